The summed E-state index contributed by atoms with van der Waals surface area (Å²) >= 11 is 11.9. The molecule has 0 heterocycles. The van der Waals surface area contributed by atoms with Gasteiger partial charge in [-0.3, -0.25) is 10.1 Å². The van der Waals surface area contributed by atoms with Gasteiger partial charge in [0.05, 0.1) is 5.69 Å². The van der Waals surface area contributed by atoms with Crippen LogP contribution < -0.4 is 10.6 Å². The molecule has 21 heavy (non-hydrogen) atoms. The highest BCUT2D eigenvalue weighted by molar-refractivity contribution is 9.10. The van der Waals surface area contributed by atoms with Gasteiger partial charge in [0.2, 0.25) is 0 Å². The van der Waals surface area contributed by atoms with Gasteiger partial charge in [-0.1, -0.05) is 22.0 Å². The number of hydrogen-bond donors (Lipinski definition) is 2. The summed E-state index contributed by atoms with van der Waals surface area (Å²) < 4.78 is 1.81. The molecular formula is C15H12Br2N2OS. The zero-order valence-corrected chi connectivity index (χ0v) is 15.1. The van der Waals surface area contributed by atoms with E-state index >= 15 is 0 Å². The summed E-state index contributed by atoms with van der Waals surface area (Å²) in [5, 5.41) is 5.90. The predicted molar refractivity (Wildman–Crippen MR) is 96.7 cm³/mol. The number of carbonyl (C=O) groups excluding carboxylic acids is 1. The molecule has 0 bridgehead atoms. The van der Waals surface area contributed by atoms with E-state index in [4.69, 9.17) is 12.2 Å². The van der Waals surface area contributed by atoms with Crippen LogP contribution >= 0.6 is 44.1 Å². The SMILES string of the molecule is Cc1ccc(NC(=S)NC(=O)c2ccc(Br)cc2)c(Br)c1. The largest absolute Gasteiger partial charge is 0.331 e. The van der Waals surface area contributed by atoms with Gasteiger partial charge in [0, 0.05) is 14.5 Å². The van der Waals surface area contributed by atoms with Crippen molar-refractivity contribution in [3.8, 4) is 0 Å². The lowest BCUT2D eigenvalue weighted by Crippen LogP contribution is -2.34. The van der Waals surface area contributed by atoms with Gasteiger partial charge < -0.3 is 5.32 Å². The van der Waals surface area contributed by atoms with Gasteiger partial charge in [-0.15, -0.1) is 0 Å². The zero-order chi connectivity index (χ0) is 15.4. The van der Waals surface area contributed by atoms with Crippen LogP contribution in [-0.4, -0.2) is 11.0 Å². The number of thiocarbonyl (C=S) groups is 1. The van der Waals surface area contributed by atoms with Crippen LogP contribution in [0.25, 0.3) is 0 Å². The first-order valence-electron chi connectivity index (χ1n) is 6.10. The smallest absolute Gasteiger partial charge is 0.257 e. The molecule has 108 valence electrons. The molecule has 0 aliphatic carbocycles. The number of rotatable bonds is 2. The second kappa shape index (κ2) is 7.15. The van der Waals surface area contributed by atoms with Gasteiger partial charge in [0.15, 0.2) is 5.11 Å². The van der Waals surface area contributed by atoms with Crippen LogP contribution in [-0.2, 0) is 0 Å². The van der Waals surface area contributed by atoms with Crippen molar-refractivity contribution in [3.05, 3.63) is 62.5 Å². The maximum atomic E-state index is 12.0. The average Bonchev–Trinajstić information content (AvgIpc) is 2.42. The molecule has 0 fully saturated rings. The second-order valence-electron chi connectivity index (χ2n) is 4.40. The second-order valence-corrected chi connectivity index (χ2v) is 6.58. The van der Waals surface area contributed by atoms with E-state index in [0.717, 1.165) is 20.2 Å². The van der Waals surface area contributed by atoms with Gasteiger partial charge in [-0.05, 0) is 77.0 Å². The zero-order valence-electron chi connectivity index (χ0n) is 11.1. The number of aryl methyl sites for hydroxylation is 1. The Hall–Kier alpha value is -1.24. The van der Waals surface area contributed by atoms with Gasteiger partial charge in [0.1, 0.15) is 0 Å². The van der Waals surface area contributed by atoms with Crippen LogP contribution in [0.3, 0.4) is 0 Å². The quantitative estimate of drug-likeness (QED) is 0.685. The number of anilines is 1. The summed E-state index contributed by atoms with van der Waals surface area (Å²) in [5.74, 6) is -0.247. The third-order valence-corrected chi connectivity index (χ3v) is 4.10. The fourth-order valence-electron chi connectivity index (χ4n) is 1.65. The molecule has 0 aromatic heterocycles. The lowest BCUT2D eigenvalue weighted by Gasteiger charge is -2.11. The molecule has 0 radical (unpaired) electrons. The summed E-state index contributed by atoms with van der Waals surface area (Å²) in [6.45, 7) is 2.00. The fraction of sp³-hybridized carbons (Fsp3) is 0.0667. The molecule has 0 atom stereocenters. The first-order chi connectivity index (χ1) is 9.95. The predicted octanol–water partition coefficient (Wildman–Crippen LogP) is 4.65. The molecule has 0 unspecified atom stereocenters. The lowest BCUT2D eigenvalue weighted by atomic mass is 10.2. The van der Waals surface area contributed by atoms with Gasteiger partial charge >= 0.3 is 0 Å². The van der Waals surface area contributed by atoms with Crippen LogP contribution in [0.4, 0.5) is 5.69 Å². The minimum atomic E-state index is -0.247. The molecule has 3 nitrogen and oxygen atoms in total. The summed E-state index contributed by atoms with van der Waals surface area (Å²) in [6.07, 6.45) is 0. The van der Waals surface area contributed by atoms with E-state index in [1.807, 2.05) is 37.3 Å². The molecule has 2 aromatic carbocycles. The summed E-state index contributed by atoms with van der Waals surface area (Å²) in [7, 11) is 0. The summed E-state index contributed by atoms with van der Waals surface area (Å²) in [4.78, 5) is 12.0. The van der Waals surface area contributed by atoms with E-state index in [-0.39, 0.29) is 11.0 Å². The molecule has 2 aromatic rings. The van der Waals surface area contributed by atoms with Crippen molar-refractivity contribution < 1.29 is 4.79 Å². The molecule has 6 heteroatoms. The summed E-state index contributed by atoms with van der Waals surface area (Å²) in [6, 6.07) is 12.9. The molecule has 0 aliphatic rings. The van der Waals surface area contributed by atoms with Crippen LogP contribution in [0.15, 0.2) is 51.4 Å². The van der Waals surface area contributed by atoms with E-state index < -0.39 is 0 Å². The molecular weight excluding hydrogens is 416 g/mol. The monoisotopic (exact) mass is 426 g/mol. The van der Waals surface area contributed by atoms with Gasteiger partial charge in [0.25, 0.3) is 5.91 Å². The highest BCUT2D eigenvalue weighted by Gasteiger charge is 2.09. The van der Waals surface area contributed by atoms with Crippen molar-refractivity contribution in [3.63, 3.8) is 0 Å². The van der Waals surface area contributed by atoms with Crippen molar-refractivity contribution in [2.75, 3.05) is 5.32 Å². The Morgan fingerprint density at radius 1 is 1.10 bits per heavy atom. The van der Waals surface area contributed by atoms with Crippen molar-refractivity contribution in [2.24, 2.45) is 0 Å². The highest BCUT2D eigenvalue weighted by Crippen LogP contribution is 2.23. The number of amides is 1. The Morgan fingerprint density at radius 2 is 1.76 bits per heavy atom. The summed E-state index contributed by atoms with van der Waals surface area (Å²) in [5.41, 5.74) is 2.49. The maximum Gasteiger partial charge on any atom is 0.257 e. The van der Waals surface area contributed by atoms with Crippen LogP contribution in [0, 0.1) is 6.92 Å². The normalized spacial score (nSPS) is 10.0. The number of hydrogen-bond acceptors (Lipinski definition) is 2. The van der Waals surface area contributed by atoms with Gasteiger partial charge in [-0.2, -0.15) is 0 Å². The lowest BCUT2D eigenvalue weighted by molar-refractivity contribution is 0.0977. The Bertz CT molecular complexity index is 687. The van der Waals surface area contributed by atoms with Crippen molar-refractivity contribution in [2.45, 2.75) is 6.92 Å². The topological polar surface area (TPSA) is 41.1 Å². The molecule has 1 amide bonds. The average molecular weight is 428 g/mol. The van der Waals surface area contributed by atoms with Crippen LogP contribution in [0.5, 0.6) is 0 Å². The molecule has 2 N–H and O–H groups in total. The van der Waals surface area contributed by atoms with E-state index in [1.54, 1.807) is 12.1 Å². The molecule has 0 saturated heterocycles. The van der Waals surface area contributed by atoms with E-state index in [9.17, 15) is 4.79 Å². The number of halogens is 2. The van der Waals surface area contributed by atoms with E-state index in [1.165, 1.54) is 0 Å². The molecule has 0 saturated carbocycles. The third kappa shape index (κ3) is 4.62. The number of carbonyl (C=O) groups is 1. The molecule has 0 aliphatic heterocycles. The Morgan fingerprint density at radius 3 is 2.38 bits per heavy atom. The van der Waals surface area contributed by atoms with Crippen LogP contribution in [0.1, 0.15) is 15.9 Å². The van der Waals surface area contributed by atoms with Crippen molar-refractivity contribution in [1.29, 1.82) is 0 Å². The Labute approximate surface area is 145 Å². The Balaban J connectivity index is 2.01. The maximum absolute atomic E-state index is 12.0. The third-order valence-electron chi connectivity index (χ3n) is 2.71. The minimum absolute atomic E-state index is 0.247. The van der Waals surface area contributed by atoms with E-state index in [0.29, 0.717) is 5.56 Å². The molecule has 2 rings (SSSR count). The first kappa shape index (κ1) is 16.1. The Kier molecular flexibility index (Phi) is 5.50. The molecule has 0 spiro atoms. The highest BCUT2D eigenvalue weighted by atomic mass is 79.9. The van der Waals surface area contributed by atoms with Crippen molar-refractivity contribution in [1.82, 2.24) is 5.32 Å². The van der Waals surface area contributed by atoms with Crippen molar-refractivity contribution >= 4 is 60.8 Å². The number of benzene rings is 2. The van der Waals surface area contributed by atoms with Crippen LogP contribution in [0.2, 0.25) is 0 Å². The number of nitrogens with one attached hydrogen (secondary N) is 2. The van der Waals surface area contributed by atoms with E-state index in [2.05, 4.69) is 42.5 Å². The first-order valence-corrected chi connectivity index (χ1v) is 8.09. The van der Waals surface area contributed by atoms with Gasteiger partial charge in [-0.25, -0.2) is 0 Å². The minimum Gasteiger partial charge on any atom is -0.331 e. The standard InChI is InChI=1S/C15H12Br2N2OS/c1-9-2-7-13(12(17)8-9)18-15(21)19-14(20)10-3-5-11(16)6-4-10/h2-8H,1H3,(H2,18,19,20,21). The fourth-order valence-corrected chi connectivity index (χ4v) is 2.71.